The average molecular weight is 294 g/mol. The highest BCUT2D eigenvalue weighted by molar-refractivity contribution is 6.10. The molecule has 2 aromatic carbocycles. The van der Waals surface area contributed by atoms with Gasteiger partial charge in [0.25, 0.3) is 0 Å². The van der Waals surface area contributed by atoms with E-state index in [4.69, 9.17) is 0 Å². The van der Waals surface area contributed by atoms with Crippen LogP contribution < -0.4 is 5.32 Å². The second-order valence-corrected chi connectivity index (χ2v) is 5.40. The molecule has 0 fully saturated rings. The molecule has 1 heterocycles. The van der Waals surface area contributed by atoms with Crippen LogP contribution in [-0.4, -0.2) is 30.7 Å². The van der Waals surface area contributed by atoms with Gasteiger partial charge in [-0.1, -0.05) is 24.3 Å². The van der Waals surface area contributed by atoms with Crippen LogP contribution in [0.15, 0.2) is 36.4 Å². The lowest BCUT2D eigenvalue weighted by Crippen LogP contribution is -2.11. The van der Waals surface area contributed by atoms with Gasteiger partial charge in [0.2, 0.25) is 0 Å². The van der Waals surface area contributed by atoms with Crippen LogP contribution in [0.25, 0.3) is 21.8 Å². The summed E-state index contributed by atoms with van der Waals surface area (Å²) in [5.74, 6) is 0. The van der Waals surface area contributed by atoms with E-state index < -0.39 is 0 Å². The van der Waals surface area contributed by atoms with Crippen molar-refractivity contribution in [1.29, 1.82) is 0 Å². The highest BCUT2D eigenvalue weighted by Gasteiger charge is 2.11. The monoisotopic (exact) mass is 294 g/mol. The third kappa shape index (κ3) is 2.42. The lowest BCUT2D eigenvalue weighted by Gasteiger charge is -2.07. The Labute approximate surface area is 128 Å². The molecule has 3 rings (SSSR count). The molecule has 112 valence electrons. The smallest absolute Gasteiger partial charge is 0.150 e. The molecule has 0 bridgehead atoms. The van der Waals surface area contributed by atoms with Crippen molar-refractivity contribution in [2.75, 3.05) is 13.6 Å². The zero-order valence-corrected chi connectivity index (χ0v) is 12.5. The molecular formula is C18H18N2O2. The third-order valence-corrected chi connectivity index (χ3v) is 4.00. The van der Waals surface area contributed by atoms with Crippen LogP contribution in [0.5, 0.6) is 0 Å². The van der Waals surface area contributed by atoms with Gasteiger partial charge in [-0.25, -0.2) is 0 Å². The van der Waals surface area contributed by atoms with E-state index in [2.05, 4.69) is 9.88 Å². The fourth-order valence-electron chi connectivity index (χ4n) is 2.93. The van der Waals surface area contributed by atoms with Gasteiger partial charge in [0.1, 0.15) is 12.6 Å². The van der Waals surface area contributed by atoms with E-state index in [-0.39, 0.29) is 0 Å². The summed E-state index contributed by atoms with van der Waals surface area (Å²) in [7, 11) is 1.93. The summed E-state index contributed by atoms with van der Waals surface area (Å²) < 4.78 is 2.20. The van der Waals surface area contributed by atoms with E-state index >= 15 is 0 Å². The van der Waals surface area contributed by atoms with E-state index in [1.54, 1.807) is 0 Å². The number of aldehydes is 2. The maximum absolute atomic E-state index is 11.1. The predicted octanol–water partition coefficient (Wildman–Crippen LogP) is 3.03. The van der Waals surface area contributed by atoms with Crippen molar-refractivity contribution in [2.24, 2.45) is 0 Å². The summed E-state index contributed by atoms with van der Waals surface area (Å²) >= 11 is 0. The first-order valence-electron chi connectivity index (χ1n) is 7.39. The van der Waals surface area contributed by atoms with Crippen LogP contribution in [0.4, 0.5) is 0 Å². The Bertz CT molecular complexity index is 784. The predicted molar refractivity (Wildman–Crippen MR) is 88.8 cm³/mol. The number of rotatable bonds is 6. The topological polar surface area (TPSA) is 51.1 Å². The Morgan fingerprint density at radius 1 is 0.955 bits per heavy atom. The van der Waals surface area contributed by atoms with E-state index in [1.165, 1.54) is 0 Å². The van der Waals surface area contributed by atoms with Crippen molar-refractivity contribution in [1.82, 2.24) is 9.88 Å². The van der Waals surface area contributed by atoms with Gasteiger partial charge in [0.15, 0.2) is 0 Å². The van der Waals surface area contributed by atoms with Gasteiger partial charge in [-0.05, 0) is 32.1 Å². The number of carbonyl (C=O) groups is 2. The summed E-state index contributed by atoms with van der Waals surface area (Å²) in [5.41, 5.74) is 3.42. The molecule has 0 atom stereocenters. The maximum atomic E-state index is 11.1. The molecule has 0 radical (unpaired) electrons. The van der Waals surface area contributed by atoms with Crippen LogP contribution >= 0.6 is 0 Å². The average Bonchev–Trinajstić information content (AvgIpc) is 2.87. The lowest BCUT2D eigenvalue weighted by atomic mass is 10.1. The van der Waals surface area contributed by atoms with Gasteiger partial charge in [-0.3, -0.25) is 9.59 Å². The molecule has 0 amide bonds. The first kappa shape index (κ1) is 14.5. The summed E-state index contributed by atoms with van der Waals surface area (Å²) in [6.45, 7) is 1.76. The van der Waals surface area contributed by atoms with Gasteiger partial charge in [-0.2, -0.15) is 0 Å². The van der Waals surface area contributed by atoms with Crippen LogP contribution in [0.2, 0.25) is 0 Å². The standard InChI is InChI=1S/C18H18N2O2/c1-19-7-2-8-20-17-9-13(11-21)3-5-15(17)16-6-4-14(12-22)10-18(16)20/h3-6,9-12,19H,2,7-8H2,1H3. The minimum atomic E-state index is 0.667. The Balaban J connectivity index is 2.26. The van der Waals surface area contributed by atoms with Gasteiger partial charge < -0.3 is 9.88 Å². The molecule has 1 aromatic heterocycles. The van der Waals surface area contributed by atoms with E-state index in [9.17, 15) is 9.59 Å². The number of benzene rings is 2. The number of fused-ring (bicyclic) bond motifs is 3. The molecule has 0 aliphatic carbocycles. The highest BCUT2D eigenvalue weighted by Crippen LogP contribution is 2.30. The van der Waals surface area contributed by atoms with Gasteiger partial charge in [0, 0.05) is 39.5 Å². The molecule has 0 spiro atoms. The third-order valence-electron chi connectivity index (χ3n) is 4.00. The van der Waals surface area contributed by atoms with Crippen molar-refractivity contribution in [3.05, 3.63) is 47.5 Å². The molecule has 0 saturated carbocycles. The fourth-order valence-corrected chi connectivity index (χ4v) is 2.93. The van der Waals surface area contributed by atoms with Crippen molar-refractivity contribution in [2.45, 2.75) is 13.0 Å². The Hall–Kier alpha value is -2.46. The molecule has 3 aromatic rings. The number of nitrogens with zero attached hydrogens (tertiary/aromatic N) is 1. The summed E-state index contributed by atoms with van der Waals surface area (Å²) in [5, 5.41) is 5.37. The largest absolute Gasteiger partial charge is 0.340 e. The number of aryl methyl sites for hydroxylation is 1. The van der Waals surface area contributed by atoms with Gasteiger partial charge in [0.05, 0.1) is 0 Å². The summed E-state index contributed by atoms with van der Waals surface area (Å²) in [6.07, 6.45) is 2.71. The summed E-state index contributed by atoms with van der Waals surface area (Å²) in [4.78, 5) is 22.1. The zero-order valence-electron chi connectivity index (χ0n) is 12.5. The molecule has 0 saturated heterocycles. The van der Waals surface area contributed by atoms with Crippen LogP contribution in [0.3, 0.4) is 0 Å². The molecule has 4 nitrogen and oxygen atoms in total. The number of nitrogens with one attached hydrogen (secondary N) is 1. The first-order valence-corrected chi connectivity index (χ1v) is 7.39. The highest BCUT2D eigenvalue weighted by atomic mass is 16.1. The van der Waals surface area contributed by atoms with Crippen LogP contribution in [0.1, 0.15) is 27.1 Å². The normalized spacial score (nSPS) is 11.1. The number of aromatic nitrogens is 1. The Morgan fingerprint density at radius 3 is 1.95 bits per heavy atom. The maximum Gasteiger partial charge on any atom is 0.150 e. The molecule has 0 aliphatic rings. The van der Waals surface area contributed by atoms with E-state index in [0.717, 1.165) is 53.9 Å². The van der Waals surface area contributed by atoms with Crippen molar-refractivity contribution in [3.63, 3.8) is 0 Å². The Morgan fingerprint density at radius 2 is 1.50 bits per heavy atom. The molecule has 0 unspecified atom stereocenters. The van der Waals surface area contributed by atoms with Crippen molar-refractivity contribution >= 4 is 34.4 Å². The lowest BCUT2D eigenvalue weighted by molar-refractivity contribution is 0.111. The molecule has 1 N–H and O–H groups in total. The number of hydrogen-bond donors (Lipinski definition) is 1. The van der Waals surface area contributed by atoms with E-state index in [0.29, 0.717) is 11.1 Å². The second kappa shape index (κ2) is 6.12. The van der Waals surface area contributed by atoms with Crippen LogP contribution in [0, 0.1) is 0 Å². The van der Waals surface area contributed by atoms with Crippen molar-refractivity contribution < 1.29 is 9.59 Å². The van der Waals surface area contributed by atoms with Crippen LogP contribution in [-0.2, 0) is 6.54 Å². The van der Waals surface area contributed by atoms with Gasteiger partial charge in [-0.15, -0.1) is 0 Å². The van der Waals surface area contributed by atoms with Crippen molar-refractivity contribution in [3.8, 4) is 0 Å². The van der Waals surface area contributed by atoms with Gasteiger partial charge >= 0.3 is 0 Å². The Kier molecular flexibility index (Phi) is 4.02. The molecule has 22 heavy (non-hydrogen) atoms. The quantitative estimate of drug-likeness (QED) is 0.561. The molecule has 0 aliphatic heterocycles. The van der Waals surface area contributed by atoms with E-state index in [1.807, 2.05) is 43.4 Å². The second-order valence-electron chi connectivity index (χ2n) is 5.40. The molecular weight excluding hydrogens is 276 g/mol. The number of hydrogen-bond acceptors (Lipinski definition) is 3. The zero-order chi connectivity index (χ0) is 15.5. The molecule has 4 heteroatoms. The minimum absolute atomic E-state index is 0.667. The first-order chi connectivity index (χ1) is 10.8. The summed E-state index contributed by atoms with van der Waals surface area (Å²) in [6, 6.07) is 11.5. The minimum Gasteiger partial charge on any atom is -0.340 e. The fraction of sp³-hybridized carbons (Fsp3) is 0.222. The SMILES string of the molecule is CNCCCn1c2cc(C=O)ccc2c2ccc(C=O)cc21. The number of carbonyl (C=O) groups excluding carboxylic acids is 2.